The van der Waals surface area contributed by atoms with Crippen LogP contribution in [0.2, 0.25) is 0 Å². The summed E-state index contributed by atoms with van der Waals surface area (Å²) in [6.07, 6.45) is 0.701. The first-order chi connectivity index (χ1) is 16.0. The summed E-state index contributed by atoms with van der Waals surface area (Å²) in [6.45, 7) is 2.76. The van der Waals surface area contributed by atoms with Gasteiger partial charge < -0.3 is 24.7 Å². The number of furan rings is 1. The van der Waals surface area contributed by atoms with Gasteiger partial charge in [-0.15, -0.1) is 0 Å². The number of hydrogen-bond donors (Lipinski definition) is 2. The normalized spacial score (nSPS) is 11.0. The average molecular weight is 446 g/mol. The number of benzene rings is 3. The van der Waals surface area contributed by atoms with Gasteiger partial charge in [0.2, 0.25) is 0 Å². The van der Waals surface area contributed by atoms with Crippen molar-refractivity contribution in [2.75, 3.05) is 13.7 Å². The van der Waals surface area contributed by atoms with Crippen molar-refractivity contribution in [1.29, 1.82) is 0 Å². The van der Waals surface area contributed by atoms with Crippen LogP contribution in [0.4, 0.5) is 0 Å². The smallest absolute Gasteiger partial charge is 0.307 e. The Morgan fingerprint density at radius 3 is 2.64 bits per heavy atom. The van der Waals surface area contributed by atoms with Gasteiger partial charge in [-0.2, -0.15) is 0 Å². The number of fused-ring (bicyclic) bond motifs is 1. The number of carbonyl (C=O) groups is 1. The second-order valence-electron chi connectivity index (χ2n) is 7.92. The summed E-state index contributed by atoms with van der Waals surface area (Å²) in [5, 5.41) is 10.2. The number of rotatable bonds is 9. The molecule has 0 radical (unpaired) electrons. The van der Waals surface area contributed by atoms with Crippen molar-refractivity contribution >= 4 is 16.9 Å². The maximum Gasteiger partial charge on any atom is 0.307 e. The fraction of sp³-hybridized carbons (Fsp3) is 0.222. The topological polar surface area (TPSA) is 94.9 Å². The fourth-order valence-electron chi connectivity index (χ4n) is 3.96. The molecule has 0 aliphatic rings. The van der Waals surface area contributed by atoms with Crippen LogP contribution in [0, 0.1) is 6.92 Å². The number of ether oxygens (including phenoxy) is 2. The van der Waals surface area contributed by atoms with Gasteiger partial charge in [-0.1, -0.05) is 36.4 Å². The monoisotopic (exact) mass is 445 g/mol. The van der Waals surface area contributed by atoms with Crippen LogP contribution in [0.15, 0.2) is 65.1 Å². The summed E-state index contributed by atoms with van der Waals surface area (Å²) in [5.74, 6) is 0.932. The zero-order chi connectivity index (χ0) is 23.4. The summed E-state index contributed by atoms with van der Waals surface area (Å²) < 4.78 is 17.3. The van der Waals surface area contributed by atoms with Crippen LogP contribution < -0.4 is 15.2 Å². The molecule has 4 rings (SSSR count). The molecule has 0 unspecified atom stereocenters. The van der Waals surface area contributed by atoms with Gasteiger partial charge in [0.1, 0.15) is 29.4 Å². The van der Waals surface area contributed by atoms with Gasteiger partial charge in [0, 0.05) is 22.6 Å². The SMILES string of the molecule is COc1ccc(CC(=O)O)c(OCc2c(C)oc3ccc(-c4cccc(CCN)c4)cc23)c1. The van der Waals surface area contributed by atoms with Gasteiger partial charge in [0.05, 0.1) is 13.5 Å². The second kappa shape index (κ2) is 9.79. The van der Waals surface area contributed by atoms with E-state index in [1.54, 1.807) is 25.3 Å². The molecule has 170 valence electrons. The minimum Gasteiger partial charge on any atom is -0.497 e. The van der Waals surface area contributed by atoms with Gasteiger partial charge in [0.15, 0.2) is 0 Å². The quantitative estimate of drug-likeness (QED) is 0.371. The highest BCUT2D eigenvalue weighted by Crippen LogP contribution is 2.33. The van der Waals surface area contributed by atoms with Crippen molar-refractivity contribution < 1.29 is 23.8 Å². The number of hydrogen-bond acceptors (Lipinski definition) is 5. The van der Waals surface area contributed by atoms with E-state index in [9.17, 15) is 9.90 Å². The Bertz CT molecular complexity index is 1290. The van der Waals surface area contributed by atoms with E-state index < -0.39 is 5.97 Å². The van der Waals surface area contributed by atoms with Crippen molar-refractivity contribution in [3.63, 3.8) is 0 Å². The van der Waals surface area contributed by atoms with E-state index in [4.69, 9.17) is 19.6 Å². The average Bonchev–Trinajstić information content (AvgIpc) is 3.12. The lowest BCUT2D eigenvalue weighted by molar-refractivity contribution is -0.136. The van der Waals surface area contributed by atoms with E-state index in [2.05, 4.69) is 24.3 Å². The van der Waals surface area contributed by atoms with Gasteiger partial charge in [0.25, 0.3) is 0 Å². The summed E-state index contributed by atoms with van der Waals surface area (Å²) >= 11 is 0. The van der Waals surface area contributed by atoms with E-state index in [1.165, 1.54) is 5.56 Å². The number of aryl methyl sites for hydroxylation is 1. The van der Waals surface area contributed by atoms with Gasteiger partial charge in [-0.25, -0.2) is 0 Å². The summed E-state index contributed by atoms with van der Waals surface area (Å²) in [5.41, 5.74) is 11.4. The summed E-state index contributed by atoms with van der Waals surface area (Å²) in [7, 11) is 1.56. The Hall–Kier alpha value is -3.77. The highest BCUT2D eigenvalue weighted by molar-refractivity contribution is 5.87. The molecule has 33 heavy (non-hydrogen) atoms. The number of carboxylic acids is 1. The third-order valence-corrected chi connectivity index (χ3v) is 5.67. The molecule has 3 aromatic carbocycles. The van der Waals surface area contributed by atoms with Crippen LogP contribution in [-0.2, 0) is 24.2 Å². The van der Waals surface area contributed by atoms with Crippen molar-refractivity contribution in [2.45, 2.75) is 26.4 Å². The molecule has 0 bridgehead atoms. The molecule has 1 aromatic heterocycles. The maximum atomic E-state index is 11.3. The highest BCUT2D eigenvalue weighted by atomic mass is 16.5. The molecule has 0 saturated heterocycles. The molecule has 1 heterocycles. The summed E-state index contributed by atoms with van der Waals surface area (Å²) in [4.78, 5) is 11.3. The van der Waals surface area contributed by atoms with Crippen molar-refractivity contribution in [2.24, 2.45) is 5.73 Å². The van der Waals surface area contributed by atoms with Crippen LogP contribution in [0.5, 0.6) is 11.5 Å². The van der Waals surface area contributed by atoms with E-state index in [1.807, 2.05) is 25.1 Å². The number of nitrogens with two attached hydrogens (primary N) is 1. The molecule has 0 amide bonds. The minimum atomic E-state index is -0.920. The Morgan fingerprint density at radius 2 is 1.88 bits per heavy atom. The zero-order valence-electron chi connectivity index (χ0n) is 18.8. The Labute approximate surface area is 192 Å². The molecule has 3 N–H and O–H groups in total. The van der Waals surface area contributed by atoms with Crippen molar-refractivity contribution in [3.05, 3.63) is 83.1 Å². The van der Waals surface area contributed by atoms with Crippen LogP contribution in [0.3, 0.4) is 0 Å². The number of carboxylic acid groups (broad SMARTS) is 1. The van der Waals surface area contributed by atoms with Crippen LogP contribution >= 0.6 is 0 Å². The fourth-order valence-corrected chi connectivity index (χ4v) is 3.96. The summed E-state index contributed by atoms with van der Waals surface area (Å²) in [6, 6.07) is 19.7. The standard InChI is InChI=1S/C27H27NO5/c1-17-24(16-32-26-15-22(31-2)8-6-21(26)14-27(29)30)23-13-20(7-9-25(23)33-17)19-5-3-4-18(12-19)10-11-28/h3-9,12-13,15H,10-11,14,16,28H2,1-2H3,(H,29,30). The first kappa shape index (κ1) is 22.4. The zero-order valence-corrected chi connectivity index (χ0v) is 18.8. The van der Waals surface area contributed by atoms with Crippen molar-refractivity contribution in [3.8, 4) is 22.6 Å². The lowest BCUT2D eigenvalue weighted by Gasteiger charge is -2.12. The van der Waals surface area contributed by atoms with E-state index in [-0.39, 0.29) is 13.0 Å². The number of methoxy groups -OCH3 is 1. The third-order valence-electron chi connectivity index (χ3n) is 5.67. The van der Waals surface area contributed by atoms with E-state index in [0.29, 0.717) is 23.6 Å². The molecule has 0 spiro atoms. The molecule has 6 nitrogen and oxygen atoms in total. The molecule has 0 aliphatic carbocycles. The predicted molar refractivity (Wildman–Crippen MR) is 128 cm³/mol. The third kappa shape index (κ3) is 5.02. The van der Waals surface area contributed by atoms with Crippen LogP contribution in [-0.4, -0.2) is 24.7 Å². The van der Waals surface area contributed by atoms with E-state index >= 15 is 0 Å². The minimum absolute atomic E-state index is 0.131. The van der Waals surface area contributed by atoms with Crippen LogP contribution in [0.1, 0.15) is 22.5 Å². The first-order valence-corrected chi connectivity index (χ1v) is 10.8. The van der Waals surface area contributed by atoms with Gasteiger partial charge >= 0.3 is 5.97 Å². The molecular weight excluding hydrogens is 418 g/mol. The molecule has 0 atom stereocenters. The molecule has 0 aliphatic heterocycles. The lowest BCUT2D eigenvalue weighted by Crippen LogP contribution is -2.05. The van der Waals surface area contributed by atoms with Crippen LogP contribution in [0.25, 0.3) is 22.1 Å². The number of aliphatic carboxylic acids is 1. The first-order valence-electron chi connectivity index (χ1n) is 10.8. The van der Waals surface area contributed by atoms with Crippen molar-refractivity contribution in [1.82, 2.24) is 0 Å². The Morgan fingerprint density at radius 1 is 1.06 bits per heavy atom. The van der Waals surface area contributed by atoms with Gasteiger partial charge in [-0.3, -0.25) is 4.79 Å². The highest BCUT2D eigenvalue weighted by Gasteiger charge is 2.15. The molecular formula is C27H27NO5. The lowest BCUT2D eigenvalue weighted by atomic mass is 9.99. The largest absolute Gasteiger partial charge is 0.497 e. The maximum absolute atomic E-state index is 11.3. The predicted octanol–water partition coefficient (Wildman–Crippen LogP) is 5.12. The molecule has 6 heteroatoms. The van der Waals surface area contributed by atoms with E-state index in [0.717, 1.165) is 39.8 Å². The molecule has 0 saturated carbocycles. The molecule has 4 aromatic rings. The Balaban J connectivity index is 1.66. The van der Waals surface area contributed by atoms with Gasteiger partial charge in [-0.05, 0) is 54.8 Å². The Kier molecular flexibility index (Phi) is 6.66. The molecule has 0 fully saturated rings. The second-order valence-corrected chi connectivity index (χ2v) is 7.92.